The summed E-state index contributed by atoms with van der Waals surface area (Å²) in [5.41, 5.74) is 3.97. The molecule has 0 aliphatic carbocycles. The number of anilines is 2. The lowest BCUT2D eigenvalue weighted by Gasteiger charge is -2.12. The number of hydrogen-bond acceptors (Lipinski definition) is 4. The van der Waals surface area contributed by atoms with Crippen LogP contribution in [0.15, 0.2) is 53.4 Å². The number of rotatable bonds is 3. The Balaban J connectivity index is 0.000000521. The molecular weight excluding hydrogens is 316 g/mol. The van der Waals surface area contributed by atoms with Crippen LogP contribution in [0.5, 0.6) is 0 Å². The second kappa shape index (κ2) is 10.8. The number of nitrogens with one attached hydrogen (secondary N) is 1. The third-order valence-corrected chi connectivity index (χ3v) is 4.38. The van der Waals surface area contributed by atoms with E-state index in [-0.39, 0.29) is 0 Å². The Bertz CT molecular complexity index is 616. The van der Waals surface area contributed by atoms with Crippen molar-refractivity contribution in [3.8, 4) is 0 Å². The lowest BCUT2D eigenvalue weighted by molar-refractivity contribution is -0.106. The molecule has 0 saturated heterocycles. The number of hydrogen-bond donors (Lipinski definition) is 1. The molecule has 130 valence electrons. The van der Waals surface area contributed by atoms with Crippen LogP contribution >= 0.6 is 11.9 Å². The van der Waals surface area contributed by atoms with Gasteiger partial charge in [-0.1, -0.05) is 39.0 Å². The summed E-state index contributed by atoms with van der Waals surface area (Å²) in [5, 5.41) is 0. The number of aldehydes is 1. The Hall–Kier alpha value is -1.94. The molecule has 1 N–H and O–H groups in total. The number of carbonyl (C=O) groups excluding carboxylic acids is 1. The third-order valence-electron chi connectivity index (χ3n) is 3.55. The summed E-state index contributed by atoms with van der Waals surface area (Å²) < 4.78 is 3.38. The summed E-state index contributed by atoms with van der Waals surface area (Å²) in [4.78, 5) is 12.4. The number of fused-ring (bicyclic) bond motifs is 1. The van der Waals surface area contributed by atoms with Crippen LogP contribution in [0.1, 0.15) is 39.2 Å². The Kier molecular flexibility index (Phi) is 9.02. The maximum atomic E-state index is 8.81. The molecular formula is C20H28N2OS. The normalized spacial score (nSPS) is 14.5. The lowest BCUT2D eigenvalue weighted by Crippen LogP contribution is -2.13. The standard InChI is InChI=1S/C16H18N2S.C2H4O.C2H6/c1-12-11-18(2)16-9-8-14(10-15(12)16)19-17-13-6-4-3-5-7-13;1-2-3;1-2/h3-10,12,17H,11H2,1-2H3;2H,1H3;1-2H3. The summed E-state index contributed by atoms with van der Waals surface area (Å²) in [5.74, 6) is 0.622. The van der Waals surface area contributed by atoms with Gasteiger partial charge in [-0.3, -0.25) is 0 Å². The fourth-order valence-corrected chi connectivity index (χ4v) is 3.26. The highest BCUT2D eigenvalue weighted by atomic mass is 32.2. The van der Waals surface area contributed by atoms with Gasteiger partial charge < -0.3 is 14.4 Å². The van der Waals surface area contributed by atoms with E-state index < -0.39 is 0 Å². The minimum absolute atomic E-state index is 0.622. The van der Waals surface area contributed by atoms with Crippen LogP contribution in [0.2, 0.25) is 0 Å². The molecule has 0 aromatic heterocycles. The van der Waals surface area contributed by atoms with Gasteiger partial charge >= 0.3 is 0 Å². The largest absolute Gasteiger partial charge is 0.374 e. The highest BCUT2D eigenvalue weighted by Gasteiger charge is 2.22. The highest BCUT2D eigenvalue weighted by Crippen LogP contribution is 2.37. The summed E-state index contributed by atoms with van der Waals surface area (Å²) in [6, 6.07) is 17.0. The molecule has 0 spiro atoms. The number of likely N-dealkylation sites (N-methyl/N-ethyl adjacent to an activating group) is 1. The Morgan fingerprint density at radius 3 is 2.42 bits per heavy atom. The van der Waals surface area contributed by atoms with Gasteiger partial charge in [0.15, 0.2) is 0 Å². The molecule has 0 fully saturated rings. The maximum absolute atomic E-state index is 8.81. The fraction of sp³-hybridized carbons (Fsp3) is 0.350. The molecule has 3 rings (SSSR count). The maximum Gasteiger partial charge on any atom is 0.116 e. The molecule has 2 aromatic carbocycles. The van der Waals surface area contributed by atoms with E-state index in [2.05, 4.69) is 53.9 Å². The third kappa shape index (κ3) is 5.60. The highest BCUT2D eigenvalue weighted by molar-refractivity contribution is 8.00. The molecule has 1 unspecified atom stereocenters. The first-order chi connectivity index (χ1) is 11.7. The fourth-order valence-electron chi connectivity index (χ4n) is 2.57. The summed E-state index contributed by atoms with van der Waals surface area (Å²) in [6.45, 7) is 8.86. The van der Waals surface area contributed by atoms with E-state index in [0.717, 1.165) is 18.5 Å². The van der Waals surface area contributed by atoms with Crippen molar-refractivity contribution in [2.45, 2.75) is 38.5 Å². The SMILES string of the molecule is CC.CC1CN(C)c2ccc(SNc3ccccc3)cc21.CC=O. The van der Waals surface area contributed by atoms with E-state index >= 15 is 0 Å². The smallest absolute Gasteiger partial charge is 0.116 e. The number of nitrogens with zero attached hydrogens (tertiary/aromatic N) is 1. The number of para-hydroxylation sites is 1. The van der Waals surface area contributed by atoms with Gasteiger partial charge in [-0.15, -0.1) is 0 Å². The molecule has 1 atom stereocenters. The van der Waals surface area contributed by atoms with Gasteiger partial charge in [0, 0.05) is 35.8 Å². The van der Waals surface area contributed by atoms with E-state index in [9.17, 15) is 0 Å². The zero-order valence-electron chi connectivity index (χ0n) is 15.2. The van der Waals surface area contributed by atoms with Crippen molar-refractivity contribution in [3.63, 3.8) is 0 Å². The first-order valence-corrected chi connectivity index (χ1v) is 9.20. The second-order valence-corrected chi connectivity index (χ2v) is 6.19. The minimum Gasteiger partial charge on any atom is -0.374 e. The summed E-state index contributed by atoms with van der Waals surface area (Å²) in [7, 11) is 2.16. The van der Waals surface area contributed by atoms with Crippen molar-refractivity contribution >= 4 is 29.6 Å². The summed E-state index contributed by atoms with van der Waals surface area (Å²) in [6.07, 6.45) is 0.750. The van der Waals surface area contributed by atoms with Gasteiger partial charge in [0.2, 0.25) is 0 Å². The molecule has 3 nitrogen and oxygen atoms in total. The van der Waals surface area contributed by atoms with Gasteiger partial charge in [0.25, 0.3) is 0 Å². The predicted octanol–water partition coefficient (Wildman–Crippen LogP) is 5.59. The second-order valence-electron chi connectivity index (χ2n) is 5.31. The molecule has 1 aliphatic rings. The molecule has 0 saturated carbocycles. The molecule has 4 heteroatoms. The monoisotopic (exact) mass is 344 g/mol. The van der Waals surface area contributed by atoms with Crippen LogP contribution in [0, 0.1) is 0 Å². The van der Waals surface area contributed by atoms with E-state index in [0.29, 0.717) is 5.92 Å². The molecule has 1 heterocycles. The van der Waals surface area contributed by atoms with Gasteiger partial charge in [-0.25, -0.2) is 0 Å². The first kappa shape index (κ1) is 20.1. The van der Waals surface area contributed by atoms with Crippen LogP contribution in [0.25, 0.3) is 0 Å². The van der Waals surface area contributed by atoms with Crippen molar-refractivity contribution in [2.24, 2.45) is 0 Å². The van der Waals surface area contributed by atoms with Crippen LogP contribution in [-0.4, -0.2) is 19.9 Å². The quantitative estimate of drug-likeness (QED) is 0.581. The lowest BCUT2D eigenvalue weighted by atomic mass is 10.0. The van der Waals surface area contributed by atoms with E-state index in [1.165, 1.54) is 23.1 Å². The molecule has 1 aliphatic heterocycles. The van der Waals surface area contributed by atoms with Gasteiger partial charge in [-0.05, 0) is 54.8 Å². The van der Waals surface area contributed by atoms with E-state index in [1.54, 1.807) is 11.9 Å². The van der Waals surface area contributed by atoms with Crippen LogP contribution < -0.4 is 9.62 Å². The van der Waals surface area contributed by atoms with Gasteiger partial charge in [0.1, 0.15) is 6.29 Å². The molecule has 0 radical (unpaired) electrons. The molecule has 2 aromatic rings. The Morgan fingerprint density at radius 1 is 1.17 bits per heavy atom. The zero-order chi connectivity index (χ0) is 17.9. The van der Waals surface area contributed by atoms with Crippen LogP contribution in [0.4, 0.5) is 11.4 Å². The van der Waals surface area contributed by atoms with Crippen molar-refractivity contribution in [1.29, 1.82) is 0 Å². The molecule has 0 amide bonds. The first-order valence-electron chi connectivity index (χ1n) is 8.38. The van der Waals surface area contributed by atoms with Crippen molar-refractivity contribution < 1.29 is 4.79 Å². The van der Waals surface area contributed by atoms with Crippen molar-refractivity contribution in [3.05, 3.63) is 54.1 Å². The Morgan fingerprint density at radius 2 is 1.79 bits per heavy atom. The van der Waals surface area contributed by atoms with Crippen molar-refractivity contribution in [1.82, 2.24) is 0 Å². The predicted molar refractivity (Wildman–Crippen MR) is 107 cm³/mol. The average molecular weight is 345 g/mol. The minimum atomic E-state index is 0.622. The van der Waals surface area contributed by atoms with E-state index in [1.807, 2.05) is 32.0 Å². The number of benzene rings is 2. The van der Waals surface area contributed by atoms with Crippen LogP contribution in [-0.2, 0) is 4.79 Å². The molecule has 24 heavy (non-hydrogen) atoms. The molecule has 0 bridgehead atoms. The van der Waals surface area contributed by atoms with Gasteiger partial charge in [-0.2, -0.15) is 0 Å². The zero-order valence-corrected chi connectivity index (χ0v) is 16.1. The van der Waals surface area contributed by atoms with Crippen LogP contribution in [0.3, 0.4) is 0 Å². The van der Waals surface area contributed by atoms with Gasteiger partial charge in [0.05, 0.1) is 0 Å². The topological polar surface area (TPSA) is 32.3 Å². The van der Waals surface area contributed by atoms with E-state index in [4.69, 9.17) is 4.79 Å². The number of carbonyl (C=O) groups is 1. The van der Waals surface area contributed by atoms with Crippen molar-refractivity contribution in [2.75, 3.05) is 23.2 Å². The summed E-state index contributed by atoms with van der Waals surface area (Å²) >= 11 is 1.67. The average Bonchev–Trinajstić information content (AvgIpc) is 2.90. The Labute approximate surface area is 150 Å².